The molecule has 84 valence electrons. The molecule has 0 spiro atoms. The Morgan fingerprint density at radius 3 is 2.73 bits per heavy atom. The number of urea groups is 1. The SMILES string of the molecule is CCC(NC(=O)NC(C)C)c1nccs1. The largest absolute Gasteiger partial charge is 0.336 e. The average Bonchev–Trinajstić information content (AvgIpc) is 2.65. The van der Waals surface area contributed by atoms with Crippen LogP contribution in [0.15, 0.2) is 11.6 Å². The molecule has 0 aliphatic heterocycles. The van der Waals surface area contributed by atoms with E-state index in [9.17, 15) is 4.79 Å². The zero-order valence-electron chi connectivity index (χ0n) is 9.28. The van der Waals surface area contributed by atoms with Crippen molar-refractivity contribution < 1.29 is 4.79 Å². The average molecular weight is 227 g/mol. The Balaban J connectivity index is 2.51. The lowest BCUT2D eigenvalue weighted by Gasteiger charge is -2.16. The Morgan fingerprint density at radius 2 is 2.27 bits per heavy atom. The Labute approximate surface area is 94.1 Å². The maximum Gasteiger partial charge on any atom is 0.315 e. The van der Waals surface area contributed by atoms with Crippen LogP contribution < -0.4 is 10.6 Å². The molecule has 0 fully saturated rings. The number of amides is 2. The quantitative estimate of drug-likeness (QED) is 0.829. The molecule has 1 atom stereocenters. The van der Waals surface area contributed by atoms with Crippen LogP contribution in [0.1, 0.15) is 38.2 Å². The Morgan fingerprint density at radius 1 is 1.53 bits per heavy atom. The summed E-state index contributed by atoms with van der Waals surface area (Å²) in [6.45, 7) is 5.90. The van der Waals surface area contributed by atoms with Crippen LogP contribution in [0.25, 0.3) is 0 Å². The van der Waals surface area contributed by atoms with Gasteiger partial charge in [0.25, 0.3) is 0 Å². The summed E-state index contributed by atoms with van der Waals surface area (Å²) in [6, 6.07) is 0.0367. The fraction of sp³-hybridized carbons (Fsp3) is 0.600. The molecule has 5 heteroatoms. The molecule has 4 nitrogen and oxygen atoms in total. The van der Waals surface area contributed by atoms with Gasteiger partial charge in [0, 0.05) is 17.6 Å². The van der Waals surface area contributed by atoms with Crippen LogP contribution >= 0.6 is 11.3 Å². The molecule has 2 N–H and O–H groups in total. The first-order valence-electron chi connectivity index (χ1n) is 5.10. The van der Waals surface area contributed by atoms with Crippen LogP contribution in [-0.2, 0) is 0 Å². The third-order valence-corrected chi connectivity index (χ3v) is 2.77. The minimum absolute atomic E-state index is 0.0174. The maximum atomic E-state index is 11.5. The summed E-state index contributed by atoms with van der Waals surface area (Å²) in [6.07, 6.45) is 2.60. The van der Waals surface area contributed by atoms with Gasteiger partial charge in [-0.3, -0.25) is 0 Å². The highest BCUT2D eigenvalue weighted by molar-refractivity contribution is 7.09. The number of thiazole rings is 1. The van der Waals surface area contributed by atoms with Crippen LogP contribution in [0.5, 0.6) is 0 Å². The molecule has 0 aliphatic rings. The highest BCUT2D eigenvalue weighted by Gasteiger charge is 2.14. The second kappa shape index (κ2) is 5.70. The van der Waals surface area contributed by atoms with E-state index in [1.165, 1.54) is 0 Å². The molecule has 15 heavy (non-hydrogen) atoms. The predicted molar refractivity (Wildman–Crippen MR) is 61.9 cm³/mol. The number of rotatable bonds is 4. The highest BCUT2D eigenvalue weighted by atomic mass is 32.1. The molecule has 1 rings (SSSR count). The van der Waals surface area contributed by atoms with Gasteiger partial charge in [0.2, 0.25) is 0 Å². The smallest absolute Gasteiger partial charge is 0.315 e. The minimum Gasteiger partial charge on any atom is -0.336 e. The summed E-state index contributed by atoms with van der Waals surface area (Å²) in [5, 5.41) is 8.57. The number of aromatic nitrogens is 1. The molecule has 0 aliphatic carbocycles. The summed E-state index contributed by atoms with van der Waals surface area (Å²) >= 11 is 1.56. The van der Waals surface area contributed by atoms with E-state index in [-0.39, 0.29) is 18.1 Å². The molecule has 0 saturated heterocycles. The molecular weight excluding hydrogens is 210 g/mol. The molecule has 1 aromatic heterocycles. The van der Waals surface area contributed by atoms with Crippen molar-refractivity contribution in [3.05, 3.63) is 16.6 Å². The predicted octanol–water partition coefficient (Wildman–Crippen LogP) is 2.30. The van der Waals surface area contributed by atoms with Crippen LogP contribution in [0, 0.1) is 0 Å². The van der Waals surface area contributed by atoms with E-state index >= 15 is 0 Å². The first kappa shape index (κ1) is 12.0. The Kier molecular flexibility index (Phi) is 4.55. The number of carbonyl (C=O) groups excluding carboxylic acids is 1. The second-order valence-electron chi connectivity index (χ2n) is 3.60. The van der Waals surface area contributed by atoms with Gasteiger partial charge in [-0.15, -0.1) is 11.3 Å². The van der Waals surface area contributed by atoms with Crippen LogP contribution in [0.3, 0.4) is 0 Å². The summed E-state index contributed by atoms with van der Waals surface area (Å²) in [4.78, 5) is 15.7. The lowest BCUT2D eigenvalue weighted by Crippen LogP contribution is -2.41. The molecule has 0 bridgehead atoms. The normalized spacial score (nSPS) is 12.5. The number of carbonyl (C=O) groups is 1. The van der Waals surface area contributed by atoms with Gasteiger partial charge in [-0.25, -0.2) is 9.78 Å². The summed E-state index contributed by atoms with van der Waals surface area (Å²) in [5.74, 6) is 0. The lowest BCUT2D eigenvalue weighted by atomic mass is 10.2. The zero-order valence-corrected chi connectivity index (χ0v) is 10.1. The van der Waals surface area contributed by atoms with E-state index in [0.717, 1.165) is 11.4 Å². The van der Waals surface area contributed by atoms with Crippen molar-refractivity contribution >= 4 is 17.4 Å². The fourth-order valence-corrected chi connectivity index (χ4v) is 1.98. The third kappa shape index (κ3) is 3.87. The van der Waals surface area contributed by atoms with E-state index in [4.69, 9.17) is 0 Å². The molecule has 1 heterocycles. The molecule has 1 unspecified atom stereocenters. The van der Waals surface area contributed by atoms with Gasteiger partial charge in [-0.05, 0) is 20.3 Å². The van der Waals surface area contributed by atoms with Crippen molar-refractivity contribution in [1.29, 1.82) is 0 Å². The molecule has 1 aromatic rings. The van der Waals surface area contributed by atoms with Gasteiger partial charge in [-0.2, -0.15) is 0 Å². The first-order valence-corrected chi connectivity index (χ1v) is 5.97. The number of hydrogen-bond donors (Lipinski definition) is 2. The van der Waals surface area contributed by atoms with Gasteiger partial charge in [0.15, 0.2) is 0 Å². The Bertz CT molecular complexity index is 298. The summed E-state index contributed by atoms with van der Waals surface area (Å²) < 4.78 is 0. The van der Waals surface area contributed by atoms with Crippen LogP contribution in [-0.4, -0.2) is 17.1 Å². The first-order chi connectivity index (χ1) is 7.13. The van der Waals surface area contributed by atoms with Crippen molar-refractivity contribution in [3.63, 3.8) is 0 Å². The van der Waals surface area contributed by atoms with Gasteiger partial charge in [-0.1, -0.05) is 6.92 Å². The van der Waals surface area contributed by atoms with Crippen LogP contribution in [0.4, 0.5) is 4.79 Å². The fourth-order valence-electron chi connectivity index (χ4n) is 1.21. The molecule has 0 saturated carbocycles. The van der Waals surface area contributed by atoms with Crippen LogP contribution in [0.2, 0.25) is 0 Å². The van der Waals surface area contributed by atoms with Gasteiger partial charge in [0.05, 0.1) is 6.04 Å². The van der Waals surface area contributed by atoms with Crippen molar-refractivity contribution in [2.24, 2.45) is 0 Å². The molecule has 0 radical (unpaired) electrons. The second-order valence-corrected chi connectivity index (χ2v) is 4.53. The van der Waals surface area contributed by atoms with E-state index in [1.807, 2.05) is 26.2 Å². The van der Waals surface area contributed by atoms with Gasteiger partial charge >= 0.3 is 6.03 Å². The Hall–Kier alpha value is -1.10. The van der Waals surface area contributed by atoms with Gasteiger partial charge in [0.1, 0.15) is 5.01 Å². The third-order valence-electron chi connectivity index (χ3n) is 1.88. The van der Waals surface area contributed by atoms with E-state index < -0.39 is 0 Å². The van der Waals surface area contributed by atoms with Crippen molar-refractivity contribution in [3.8, 4) is 0 Å². The van der Waals surface area contributed by atoms with Crippen molar-refractivity contribution in [2.45, 2.75) is 39.3 Å². The zero-order chi connectivity index (χ0) is 11.3. The van der Waals surface area contributed by atoms with Gasteiger partial charge < -0.3 is 10.6 Å². The molecular formula is C10H17N3OS. The van der Waals surface area contributed by atoms with E-state index in [2.05, 4.69) is 15.6 Å². The maximum absolute atomic E-state index is 11.5. The van der Waals surface area contributed by atoms with E-state index in [1.54, 1.807) is 17.5 Å². The number of nitrogens with one attached hydrogen (secondary N) is 2. The monoisotopic (exact) mass is 227 g/mol. The highest BCUT2D eigenvalue weighted by Crippen LogP contribution is 2.18. The number of hydrogen-bond acceptors (Lipinski definition) is 3. The van der Waals surface area contributed by atoms with Crippen molar-refractivity contribution in [2.75, 3.05) is 0 Å². The summed E-state index contributed by atoms with van der Waals surface area (Å²) in [5.41, 5.74) is 0. The standard InChI is InChI=1S/C10H17N3OS/c1-4-8(9-11-5-6-15-9)13-10(14)12-7(2)3/h5-8H,4H2,1-3H3,(H2,12,13,14). The topological polar surface area (TPSA) is 54.0 Å². The van der Waals surface area contributed by atoms with E-state index in [0.29, 0.717) is 0 Å². The number of nitrogens with zero attached hydrogens (tertiary/aromatic N) is 1. The van der Waals surface area contributed by atoms with Crippen molar-refractivity contribution in [1.82, 2.24) is 15.6 Å². The minimum atomic E-state index is -0.132. The molecule has 2 amide bonds. The summed E-state index contributed by atoms with van der Waals surface area (Å²) in [7, 11) is 0. The molecule has 0 aromatic carbocycles. The lowest BCUT2D eigenvalue weighted by molar-refractivity contribution is 0.234.